The van der Waals surface area contributed by atoms with Crippen LogP contribution in [0.1, 0.15) is 54.7 Å². The average Bonchev–Trinajstić information content (AvgIpc) is 2.66. The van der Waals surface area contributed by atoms with Crippen molar-refractivity contribution >= 4 is 34.2 Å². The first-order valence-electron chi connectivity index (χ1n) is 9.48. The molecule has 29 heavy (non-hydrogen) atoms. The van der Waals surface area contributed by atoms with Crippen LogP contribution in [0.2, 0.25) is 5.02 Å². The Hall–Kier alpha value is -2.93. The predicted molar refractivity (Wildman–Crippen MR) is 115 cm³/mol. The highest BCUT2D eigenvalue weighted by molar-refractivity contribution is 6.31. The molecule has 0 atom stereocenters. The van der Waals surface area contributed by atoms with Gasteiger partial charge in [0.05, 0.1) is 10.9 Å². The summed E-state index contributed by atoms with van der Waals surface area (Å²) in [5, 5.41) is 3.41. The summed E-state index contributed by atoms with van der Waals surface area (Å²) in [6.45, 7) is 8.03. The van der Waals surface area contributed by atoms with E-state index in [1.807, 2.05) is 27.7 Å². The second-order valence-electron chi connectivity index (χ2n) is 7.27. The van der Waals surface area contributed by atoms with Gasteiger partial charge in [-0.1, -0.05) is 38.4 Å². The minimum atomic E-state index is -0.631. The summed E-state index contributed by atoms with van der Waals surface area (Å²) in [7, 11) is 0. The Balaban J connectivity index is 2.26. The van der Waals surface area contributed by atoms with Crippen LogP contribution in [-0.2, 0) is 6.54 Å². The van der Waals surface area contributed by atoms with Crippen molar-refractivity contribution in [2.24, 2.45) is 0 Å². The van der Waals surface area contributed by atoms with Crippen LogP contribution in [0.25, 0.3) is 11.0 Å². The highest BCUT2D eigenvalue weighted by atomic mass is 35.5. The number of aryl methyl sites for hydroxylation is 2. The Morgan fingerprint density at radius 3 is 2.66 bits per heavy atom. The van der Waals surface area contributed by atoms with Crippen LogP contribution in [0.15, 0.2) is 33.9 Å². The Bertz CT molecular complexity index is 1210. The first kappa shape index (κ1) is 20.8. The fourth-order valence-corrected chi connectivity index (χ4v) is 3.29. The Morgan fingerprint density at radius 1 is 1.28 bits per heavy atom. The Kier molecular flexibility index (Phi) is 5.88. The van der Waals surface area contributed by atoms with Crippen molar-refractivity contribution in [1.82, 2.24) is 14.5 Å². The van der Waals surface area contributed by atoms with Crippen molar-refractivity contribution in [3.05, 3.63) is 66.9 Å². The van der Waals surface area contributed by atoms with E-state index >= 15 is 0 Å². The zero-order valence-electron chi connectivity index (χ0n) is 16.8. The number of hydrogen-bond acceptors (Lipinski definition) is 4. The van der Waals surface area contributed by atoms with Gasteiger partial charge in [0.1, 0.15) is 0 Å². The van der Waals surface area contributed by atoms with Crippen molar-refractivity contribution < 1.29 is 4.79 Å². The molecule has 0 saturated carbocycles. The van der Waals surface area contributed by atoms with Crippen molar-refractivity contribution in [2.45, 2.75) is 46.6 Å². The Labute approximate surface area is 172 Å². The maximum absolute atomic E-state index is 13.2. The van der Waals surface area contributed by atoms with Crippen LogP contribution >= 0.6 is 11.6 Å². The summed E-state index contributed by atoms with van der Waals surface area (Å²) in [5.41, 5.74) is 1.24. The number of carbonyl (C=O) groups excluding carboxylic acids is 1. The summed E-state index contributed by atoms with van der Waals surface area (Å²) in [5.74, 6) is -0.458. The van der Waals surface area contributed by atoms with Gasteiger partial charge in [-0.25, -0.2) is 9.78 Å². The summed E-state index contributed by atoms with van der Waals surface area (Å²) in [6, 6.07) is 6.80. The van der Waals surface area contributed by atoms with Crippen molar-refractivity contribution in [1.29, 1.82) is 0 Å². The van der Waals surface area contributed by atoms with Gasteiger partial charge in [-0.05, 0) is 43.0 Å². The van der Waals surface area contributed by atoms with Crippen LogP contribution in [0.4, 0.5) is 5.69 Å². The second kappa shape index (κ2) is 8.21. The van der Waals surface area contributed by atoms with Gasteiger partial charge in [-0.2, -0.15) is 0 Å². The Morgan fingerprint density at radius 2 is 2.00 bits per heavy atom. The molecule has 2 heterocycles. The third kappa shape index (κ3) is 4.10. The van der Waals surface area contributed by atoms with Crippen LogP contribution in [0, 0.1) is 6.92 Å². The number of hydrogen-bond donors (Lipinski definition) is 2. The maximum atomic E-state index is 13.2. The number of H-pyrrole nitrogens is 1. The van der Waals surface area contributed by atoms with Gasteiger partial charge in [0.25, 0.3) is 11.5 Å². The van der Waals surface area contributed by atoms with Gasteiger partial charge in [-0.15, -0.1) is 0 Å². The van der Waals surface area contributed by atoms with E-state index in [-0.39, 0.29) is 22.5 Å². The standard InChI is InChI=1S/C21H23ClN4O3/c1-5-8-26-18-17(20(28)25-21(26)29)14(10-15(23-18)11(2)3)19(27)24-16-9-13(22)7-6-12(16)4/h6-7,9-11H,5,8H2,1-4H3,(H,24,27)(H,25,28,29). The lowest BCUT2D eigenvalue weighted by atomic mass is 10.0. The van der Waals surface area contributed by atoms with Gasteiger partial charge in [0.2, 0.25) is 0 Å². The van der Waals surface area contributed by atoms with Gasteiger partial charge in [-0.3, -0.25) is 19.1 Å². The molecular formula is C21H23ClN4O3. The minimum Gasteiger partial charge on any atom is -0.322 e. The summed E-state index contributed by atoms with van der Waals surface area (Å²) in [6.07, 6.45) is 0.678. The SMILES string of the molecule is CCCn1c(=O)[nH]c(=O)c2c(C(=O)Nc3cc(Cl)ccc3C)cc(C(C)C)nc21. The molecule has 152 valence electrons. The first-order chi connectivity index (χ1) is 13.7. The normalized spacial score (nSPS) is 11.2. The van der Waals surface area contributed by atoms with E-state index in [4.69, 9.17) is 11.6 Å². The number of nitrogens with one attached hydrogen (secondary N) is 2. The number of pyridine rings is 1. The molecule has 0 saturated heterocycles. The molecule has 0 radical (unpaired) electrons. The molecule has 1 amide bonds. The summed E-state index contributed by atoms with van der Waals surface area (Å²) >= 11 is 6.05. The van der Waals surface area contributed by atoms with Gasteiger partial charge < -0.3 is 5.32 Å². The number of fused-ring (bicyclic) bond motifs is 1. The van der Waals surface area contributed by atoms with E-state index in [0.29, 0.717) is 29.4 Å². The molecule has 0 bridgehead atoms. The molecule has 3 rings (SSSR count). The average molecular weight is 415 g/mol. The molecule has 1 aromatic carbocycles. The number of nitrogens with zero attached hydrogens (tertiary/aromatic N) is 2. The fraction of sp³-hybridized carbons (Fsp3) is 0.333. The molecule has 0 aliphatic carbocycles. The predicted octanol–water partition coefficient (Wildman–Crippen LogP) is 3.83. The highest BCUT2D eigenvalue weighted by Gasteiger charge is 2.21. The second-order valence-corrected chi connectivity index (χ2v) is 7.71. The molecule has 2 aromatic heterocycles. The number of anilines is 1. The van der Waals surface area contributed by atoms with Crippen molar-refractivity contribution in [3.8, 4) is 0 Å². The van der Waals surface area contributed by atoms with E-state index in [1.54, 1.807) is 24.3 Å². The third-order valence-corrected chi connectivity index (χ3v) is 4.93. The van der Waals surface area contributed by atoms with Crippen molar-refractivity contribution in [2.75, 3.05) is 5.32 Å². The van der Waals surface area contributed by atoms with Gasteiger partial charge >= 0.3 is 5.69 Å². The smallest absolute Gasteiger partial charge is 0.322 e. The van der Waals surface area contributed by atoms with Crippen LogP contribution in [0.5, 0.6) is 0 Å². The van der Waals surface area contributed by atoms with E-state index in [2.05, 4.69) is 15.3 Å². The fourth-order valence-electron chi connectivity index (χ4n) is 3.12. The number of aromatic amines is 1. The largest absolute Gasteiger partial charge is 0.329 e. The molecule has 0 spiro atoms. The van der Waals surface area contributed by atoms with Crippen LogP contribution in [-0.4, -0.2) is 20.4 Å². The molecule has 0 aliphatic rings. The zero-order valence-corrected chi connectivity index (χ0v) is 17.6. The lowest BCUT2D eigenvalue weighted by Crippen LogP contribution is -2.32. The van der Waals surface area contributed by atoms with E-state index in [1.165, 1.54) is 4.57 Å². The topological polar surface area (TPSA) is 96.9 Å². The number of halogens is 1. The maximum Gasteiger partial charge on any atom is 0.329 e. The zero-order chi connectivity index (χ0) is 21.3. The highest BCUT2D eigenvalue weighted by Crippen LogP contribution is 2.24. The number of carbonyl (C=O) groups is 1. The molecule has 7 nitrogen and oxygen atoms in total. The van der Waals surface area contributed by atoms with Gasteiger partial charge in [0, 0.05) is 22.9 Å². The van der Waals surface area contributed by atoms with Crippen LogP contribution in [0.3, 0.4) is 0 Å². The quantitative estimate of drug-likeness (QED) is 0.662. The van der Waals surface area contributed by atoms with E-state index in [9.17, 15) is 14.4 Å². The minimum absolute atomic E-state index is 0.00308. The lowest BCUT2D eigenvalue weighted by molar-refractivity contribution is 0.102. The molecule has 3 aromatic rings. The van der Waals surface area contributed by atoms with E-state index < -0.39 is 17.2 Å². The van der Waals surface area contributed by atoms with Crippen molar-refractivity contribution in [3.63, 3.8) is 0 Å². The van der Waals surface area contributed by atoms with Gasteiger partial charge in [0.15, 0.2) is 5.65 Å². The molecule has 0 aliphatic heterocycles. The number of rotatable bonds is 5. The molecular weight excluding hydrogens is 392 g/mol. The summed E-state index contributed by atoms with van der Waals surface area (Å²) in [4.78, 5) is 45.0. The van der Waals surface area contributed by atoms with E-state index in [0.717, 1.165) is 5.56 Å². The number of amides is 1. The molecule has 2 N–H and O–H groups in total. The summed E-state index contributed by atoms with van der Waals surface area (Å²) < 4.78 is 1.41. The third-order valence-electron chi connectivity index (χ3n) is 4.70. The lowest BCUT2D eigenvalue weighted by Gasteiger charge is -2.15. The monoisotopic (exact) mass is 414 g/mol. The number of benzene rings is 1. The molecule has 8 heteroatoms. The molecule has 0 unspecified atom stereocenters. The number of aromatic nitrogens is 3. The first-order valence-corrected chi connectivity index (χ1v) is 9.86. The van der Waals surface area contributed by atoms with Crippen LogP contribution < -0.4 is 16.6 Å². The molecule has 0 fully saturated rings.